The molecule has 0 spiro atoms. The summed E-state index contributed by atoms with van der Waals surface area (Å²) in [6.07, 6.45) is 1.96. The second-order valence-corrected chi connectivity index (χ2v) is 6.59. The molecule has 0 saturated carbocycles. The van der Waals surface area contributed by atoms with Crippen LogP contribution < -0.4 is 0 Å². The number of aryl methyl sites for hydroxylation is 1. The molecule has 0 aliphatic rings. The topological polar surface area (TPSA) is 52.5 Å². The van der Waals surface area contributed by atoms with E-state index in [0.717, 1.165) is 34.8 Å². The van der Waals surface area contributed by atoms with E-state index in [1.54, 1.807) is 11.8 Å². The summed E-state index contributed by atoms with van der Waals surface area (Å²) in [6.45, 7) is 6.06. The Bertz CT molecular complexity index is 607. The normalized spacial score (nSPS) is 11.7. The van der Waals surface area contributed by atoms with Crippen LogP contribution in [0.25, 0.3) is 11.0 Å². The average molecular weight is 273 g/mol. The molecule has 3 nitrogen and oxygen atoms in total. The Hall–Kier alpha value is -1.47. The zero-order valence-corrected chi connectivity index (χ0v) is 12.5. The Labute approximate surface area is 118 Å². The molecule has 0 aliphatic carbocycles. The van der Waals surface area contributed by atoms with Gasteiger partial charge in [0.15, 0.2) is 5.16 Å². The van der Waals surface area contributed by atoms with E-state index in [0.29, 0.717) is 0 Å². The van der Waals surface area contributed by atoms with Crippen LogP contribution in [-0.2, 0) is 0 Å². The number of nitrogens with one attached hydrogen (secondary N) is 1. The Morgan fingerprint density at radius 2 is 2.21 bits per heavy atom. The number of thioether (sulfide) groups is 1. The third kappa shape index (κ3) is 3.74. The van der Waals surface area contributed by atoms with Gasteiger partial charge in [-0.1, -0.05) is 17.8 Å². The van der Waals surface area contributed by atoms with E-state index in [4.69, 9.17) is 5.26 Å². The number of nitrogens with zero attached hydrogens (tertiary/aromatic N) is 2. The van der Waals surface area contributed by atoms with Gasteiger partial charge in [0.05, 0.1) is 22.5 Å². The summed E-state index contributed by atoms with van der Waals surface area (Å²) < 4.78 is 0. The number of rotatable bonds is 5. The van der Waals surface area contributed by atoms with E-state index in [2.05, 4.69) is 35.1 Å². The lowest BCUT2D eigenvalue weighted by Gasteiger charge is -2.13. The minimum Gasteiger partial charge on any atom is -0.333 e. The van der Waals surface area contributed by atoms with Gasteiger partial charge in [0.25, 0.3) is 0 Å². The van der Waals surface area contributed by atoms with E-state index in [-0.39, 0.29) is 5.41 Å². The molecule has 0 unspecified atom stereocenters. The van der Waals surface area contributed by atoms with Gasteiger partial charge in [-0.05, 0) is 51.3 Å². The molecule has 0 radical (unpaired) electrons. The number of aromatic amines is 1. The van der Waals surface area contributed by atoms with Crippen molar-refractivity contribution in [1.82, 2.24) is 9.97 Å². The third-order valence-electron chi connectivity index (χ3n) is 3.10. The van der Waals surface area contributed by atoms with Gasteiger partial charge >= 0.3 is 0 Å². The van der Waals surface area contributed by atoms with E-state index in [1.165, 1.54) is 5.56 Å². The van der Waals surface area contributed by atoms with Crippen LogP contribution in [0.5, 0.6) is 0 Å². The van der Waals surface area contributed by atoms with Crippen LogP contribution in [0.4, 0.5) is 0 Å². The van der Waals surface area contributed by atoms with Gasteiger partial charge < -0.3 is 4.98 Å². The van der Waals surface area contributed by atoms with Crippen LogP contribution in [-0.4, -0.2) is 15.7 Å². The fourth-order valence-electron chi connectivity index (χ4n) is 1.91. The molecule has 4 heteroatoms. The Morgan fingerprint density at radius 1 is 1.42 bits per heavy atom. The van der Waals surface area contributed by atoms with Crippen LogP contribution in [0.3, 0.4) is 0 Å². The van der Waals surface area contributed by atoms with Crippen LogP contribution in [0.15, 0.2) is 23.4 Å². The molecule has 1 aromatic heterocycles. The number of hydrogen-bond acceptors (Lipinski definition) is 3. The molecule has 0 fully saturated rings. The summed E-state index contributed by atoms with van der Waals surface area (Å²) in [5, 5.41) is 9.92. The molecule has 1 heterocycles. The van der Waals surface area contributed by atoms with Gasteiger partial charge in [0.1, 0.15) is 0 Å². The second kappa shape index (κ2) is 5.66. The highest BCUT2D eigenvalue weighted by atomic mass is 32.2. The number of aromatic nitrogens is 2. The predicted molar refractivity (Wildman–Crippen MR) is 80.2 cm³/mol. The predicted octanol–water partition coefficient (Wildman–Crippen LogP) is 4.29. The van der Waals surface area contributed by atoms with Crippen LogP contribution >= 0.6 is 11.8 Å². The number of nitriles is 1. The fraction of sp³-hybridized carbons (Fsp3) is 0.467. The molecule has 0 bridgehead atoms. The van der Waals surface area contributed by atoms with E-state index >= 15 is 0 Å². The molecule has 0 atom stereocenters. The van der Waals surface area contributed by atoms with Crippen molar-refractivity contribution in [3.63, 3.8) is 0 Å². The molecule has 1 N–H and O–H groups in total. The summed E-state index contributed by atoms with van der Waals surface area (Å²) >= 11 is 1.73. The maximum atomic E-state index is 8.96. The summed E-state index contributed by atoms with van der Waals surface area (Å²) in [6, 6.07) is 8.57. The van der Waals surface area contributed by atoms with Crippen molar-refractivity contribution >= 4 is 22.8 Å². The van der Waals surface area contributed by atoms with E-state index < -0.39 is 0 Å². The molecule has 0 saturated heterocycles. The van der Waals surface area contributed by atoms with Crippen LogP contribution in [0, 0.1) is 23.7 Å². The number of hydrogen-bond donors (Lipinski definition) is 1. The Morgan fingerprint density at radius 3 is 2.95 bits per heavy atom. The first-order valence-corrected chi connectivity index (χ1v) is 7.49. The Balaban J connectivity index is 1.90. The molecule has 2 rings (SSSR count). The van der Waals surface area contributed by atoms with E-state index in [1.807, 2.05) is 19.9 Å². The lowest BCUT2D eigenvalue weighted by Crippen LogP contribution is -2.07. The molecule has 2 aromatic rings. The molecular weight excluding hydrogens is 254 g/mol. The molecule has 19 heavy (non-hydrogen) atoms. The van der Waals surface area contributed by atoms with Crippen molar-refractivity contribution in [2.24, 2.45) is 5.41 Å². The third-order valence-corrected chi connectivity index (χ3v) is 4.06. The maximum absolute atomic E-state index is 8.96. The van der Waals surface area contributed by atoms with Crippen LogP contribution in [0.1, 0.15) is 32.3 Å². The molecule has 0 aliphatic heterocycles. The molecule has 0 amide bonds. The zero-order chi connectivity index (χ0) is 13.9. The van der Waals surface area contributed by atoms with Crippen molar-refractivity contribution in [3.05, 3.63) is 23.8 Å². The number of fused-ring (bicyclic) bond motifs is 1. The molecule has 1 aromatic carbocycles. The summed E-state index contributed by atoms with van der Waals surface area (Å²) in [5.41, 5.74) is 3.14. The average Bonchev–Trinajstić information content (AvgIpc) is 2.76. The Kier molecular flexibility index (Phi) is 4.16. The van der Waals surface area contributed by atoms with Crippen molar-refractivity contribution in [3.8, 4) is 6.07 Å². The summed E-state index contributed by atoms with van der Waals surface area (Å²) in [4.78, 5) is 7.89. The second-order valence-electron chi connectivity index (χ2n) is 5.51. The maximum Gasteiger partial charge on any atom is 0.166 e. The SMILES string of the molecule is Cc1ccc2nc(SCCCC(C)(C)C#N)[nH]c2c1. The molecular formula is C15H19N3S. The number of imidazole rings is 1. The zero-order valence-electron chi connectivity index (χ0n) is 11.7. The van der Waals surface area contributed by atoms with Gasteiger partial charge in [0, 0.05) is 5.75 Å². The standard InChI is InChI=1S/C15H19N3S/c1-11-5-6-12-13(9-11)18-14(17-12)19-8-4-7-15(2,3)10-16/h5-6,9H,4,7-8H2,1-3H3,(H,17,18). The van der Waals surface area contributed by atoms with Crippen molar-refractivity contribution < 1.29 is 0 Å². The smallest absolute Gasteiger partial charge is 0.166 e. The monoisotopic (exact) mass is 273 g/mol. The fourth-order valence-corrected chi connectivity index (χ4v) is 2.73. The van der Waals surface area contributed by atoms with Crippen molar-refractivity contribution in [2.45, 2.75) is 38.8 Å². The van der Waals surface area contributed by atoms with Gasteiger partial charge in [-0.3, -0.25) is 0 Å². The lowest BCUT2D eigenvalue weighted by atomic mass is 9.90. The van der Waals surface area contributed by atoms with Gasteiger partial charge in [-0.15, -0.1) is 0 Å². The minimum atomic E-state index is -0.217. The highest BCUT2D eigenvalue weighted by Gasteiger charge is 2.15. The highest BCUT2D eigenvalue weighted by molar-refractivity contribution is 7.99. The van der Waals surface area contributed by atoms with Gasteiger partial charge in [0.2, 0.25) is 0 Å². The van der Waals surface area contributed by atoms with Crippen LogP contribution in [0.2, 0.25) is 0 Å². The molecule has 100 valence electrons. The van der Waals surface area contributed by atoms with Gasteiger partial charge in [-0.2, -0.15) is 5.26 Å². The summed E-state index contributed by atoms with van der Waals surface area (Å²) in [7, 11) is 0. The first-order valence-electron chi connectivity index (χ1n) is 6.51. The number of benzene rings is 1. The minimum absolute atomic E-state index is 0.217. The number of H-pyrrole nitrogens is 1. The van der Waals surface area contributed by atoms with Crippen molar-refractivity contribution in [1.29, 1.82) is 5.26 Å². The highest BCUT2D eigenvalue weighted by Crippen LogP contribution is 2.25. The van der Waals surface area contributed by atoms with E-state index in [9.17, 15) is 0 Å². The van der Waals surface area contributed by atoms with Crippen molar-refractivity contribution in [2.75, 3.05) is 5.75 Å². The lowest BCUT2D eigenvalue weighted by molar-refractivity contribution is 0.447. The largest absolute Gasteiger partial charge is 0.333 e. The summed E-state index contributed by atoms with van der Waals surface area (Å²) in [5.74, 6) is 0.990. The quantitative estimate of drug-likeness (QED) is 0.653. The first-order chi connectivity index (χ1) is 9.00. The first kappa shape index (κ1) is 14.0. The van der Waals surface area contributed by atoms with Gasteiger partial charge in [-0.25, -0.2) is 4.98 Å².